The molecule has 0 aliphatic carbocycles. The number of amides is 1. The van der Waals surface area contributed by atoms with Gasteiger partial charge in [0.25, 0.3) is 0 Å². The lowest BCUT2D eigenvalue weighted by molar-refractivity contribution is -0.133. The van der Waals surface area contributed by atoms with Gasteiger partial charge in [0.1, 0.15) is 0 Å². The Morgan fingerprint density at radius 3 is 2.60 bits per heavy atom. The van der Waals surface area contributed by atoms with Crippen LogP contribution in [0, 0.1) is 0 Å². The second kappa shape index (κ2) is 6.65. The molecule has 1 saturated heterocycles. The first kappa shape index (κ1) is 12.3. The number of hydrazine groups is 1. The molecule has 6 nitrogen and oxygen atoms in total. The van der Waals surface area contributed by atoms with Gasteiger partial charge in [0, 0.05) is 13.1 Å². The number of ether oxygens (including phenoxy) is 1. The molecule has 1 heterocycles. The van der Waals surface area contributed by atoms with Crippen LogP contribution >= 0.6 is 11.8 Å². The van der Waals surface area contributed by atoms with Crippen molar-refractivity contribution in [1.29, 1.82) is 0 Å². The summed E-state index contributed by atoms with van der Waals surface area (Å²) in [5.74, 6) is -0.942. The third-order valence-corrected chi connectivity index (χ3v) is 2.67. The first-order chi connectivity index (χ1) is 7.18. The van der Waals surface area contributed by atoms with E-state index in [9.17, 15) is 9.59 Å². The first-order valence-electron chi connectivity index (χ1n) is 4.60. The first-order valence-corrected chi connectivity index (χ1v) is 5.75. The molecule has 1 rings (SSSR count). The molecule has 0 spiro atoms. The van der Waals surface area contributed by atoms with E-state index >= 15 is 0 Å². The van der Waals surface area contributed by atoms with Crippen molar-refractivity contribution in [3.05, 3.63) is 0 Å². The van der Waals surface area contributed by atoms with Gasteiger partial charge in [0.05, 0.1) is 24.7 Å². The molecule has 1 amide bonds. The number of hydrogen-bond donors (Lipinski definition) is 2. The van der Waals surface area contributed by atoms with Gasteiger partial charge in [0.2, 0.25) is 5.91 Å². The van der Waals surface area contributed by atoms with E-state index in [1.165, 1.54) is 0 Å². The van der Waals surface area contributed by atoms with Gasteiger partial charge in [-0.25, -0.2) is 5.01 Å². The molecule has 0 aromatic rings. The Morgan fingerprint density at radius 1 is 1.33 bits per heavy atom. The summed E-state index contributed by atoms with van der Waals surface area (Å²) in [4.78, 5) is 21.5. The van der Waals surface area contributed by atoms with Crippen molar-refractivity contribution in [2.45, 2.75) is 0 Å². The molecule has 15 heavy (non-hydrogen) atoms. The molecule has 1 aliphatic rings. The predicted molar refractivity (Wildman–Crippen MR) is 55.5 cm³/mol. The molecule has 1 fully saturated rings. The molecule has 2 N–H and O–H groups in total. The molecule has 0 aromatic carbocycles. The Bertz CT molecular complexity index is 231. The van der Waals surface area contributed by atoms with Crippen LogP contribution in [-0.4, -0.2) is 59.8 Å². The van der Waals surface area contributed by atoms with Crippen LogP contribution in [0.5, 0.6) is 0 Å². The van der Waals surface area contributed by atoms with E-state index in [1.807, 2.05) is 0 Å². The second-order valence-electron chi connectivity index (χ2n) is 3.02. The van der Waals surface area contributed by atoms with E-state index in [-0.39, 0.29) is 17.4 Å². The molecular weight excluding hydrogens is 220 g/mol. The zero-order valence-corrected chi connectivity index (χ0v) is 9.09. The Morgan fingerprint density at radius 2 is 2.00 bits per heavy atom. The summed E-state index contributed by atoms with van der Waals surface area (Å²) in [5.41, 5.74) is 2.69. The van der Waals surface area contributed by atoms with Gasteiger partial charge >= 0.3 is 5.97 Å². The highest BCUT2D eigenvalue weighted by Crippen LogP contribution is 1.99. The highest BCUT2D eigenvalue weighted by molar-refractivity contribution is 8.00. The van der Waals surface area contributed by atoms with Crippen LogP contribution in [0.4, 0.5) is 0 Å². The number of rotatable bonds is 5. The summed E-state index contributed by atoms with van der Waals surface area (Å²) in [7, 11) is 0. The fourth-order valence-electron chi connectivity index (χ4n) is 1.11. The Hall–Kier alpha value is -0.790. The maximum atomic E-state index is 11.3. The number of thioether (sulfide) groups is 1. The molecule has 0 aromatic heterocycles. The topological polar surface area (TPSA) is 78.9 Å². The molecule has 7 heteroatoms. The van der Waals surface area contributed by atoms with Crippen LogP contribution in [0.15, 0.2) is 0 Å². The van der Waals surface area contributed by atoms with Gasteiger partial charge in [0.15, 0.2) is 0 Å². The van der Waals surface area contributed by atoms with Crippen LogP contribution in [-0.2, 0) is 14.3 Å². The number of carbonyl (C=O) groups excluding carboxylic acids is 1. The van der Waals surface area contributed by atoms with Crippen LogP contribution < -0.4 is 5.43 Å². The monoisotopic (exact) mass is 234 g/mol. The summed E-state index contributed by atoms with van der Waals surface area (Å²) in [6.07, 6.45) is 0. The standard InChI is InChI=1S/C8H14N2O4S/c11-7(5-15-6-8(12)13)9-10-1-3-14-4-2-10/h1-6H2,(H,9,11)(H,12,13). The van der Waals surface area contributed by atoms with Crippen molar-refractivity contribution < 1.29 is 19.4 Å². The predicted octanol–water partition coefficient (Wildman–Crippen LogP) is -0.832. The number of morpholine rings is 1. The summed E-state index contributed by atoms with van der Waals surface area (Å²) >= 11 is 1.09. The van der Waals surface area contributed by atoms with Crippen LogP contribution in [0.2, 0.25) is 0 Å². The average Bonchev–Trinajstić information content (AvgIpc) is 2.18. The summed E-state index contributed by atoms with van der Waals surface area (Å²) in [5, 5.41) is 10.2. The number of carboxylic acids is 1. The molecule has 86 valence electrons. The van der Waals surface area contributed by atoms with E-state index in [4.69, 9.17) is 9.84 Å². The summed E-state index contributed by atoms with van der Waals surface area (Å²) < 4.78 is 5.12. The molecule has 1 aliphatic heterocycles. The lowest BCUT2D eigenvalue weighted by Gasteiger charge is -2.26. The number of aliphatic carboxylic acids is 1. The number of hydrogen-bond acceptors (Lipinski definition) is 5. The van der Waals surface area contributed by atoms with Gasteiger partial charge in [-0.3, -0.25) is 15.0 Å². The molecule has 0 atom stereocenters. The fraction of sp³-hybridized carbons (Fsp3) is 0.750. The van der Waals surface area contributed by atoms with Crippen LogP contribution in [0.3, 0.4) is 0 Å². The normalized spacial score (nSPS) is 17.3. The van der Waals surface area contributed by atoms with Crippen LogP contribution in [0.25, 0.3) is 0 Å². The maximum absolute atomic E-state index is 11.3. The quantitative estimate of drug-likeness (QED) is 0.646. The van der Waals surface area contributed by atoms with Gasteiger partial charge in [-0.1, -0.05) is 0 Å². The van der Waals surface area contributed by atoms with Crippen molar-refractivity contribution in [1.82, 2.24) is 10.4 Å². The van der Waals surface area contributed by atoms with Crippen molar-refractivity contribution in [3.63, 3.8) is 0 Å². The number of nitrogens with zero attached hydrogens (tertiary/aromatic N) is 1. The van der Waals surface area contributed by atoms with E-state index in [1.54, 1.807) is 5.01 Å². The Balaban J connectivity index is 2.09. The smallest absolute Gasteiger partial charge is 0.313 e. The van der Waals surface area contributed by atoms with Crippen molar-refractivity contribution in [2.75, 3.05) is 37.8 Å². The van der Waals surface area contributed by atoms with E-state index in [2.05, 4.69) is 5.43 Å². The molecular formula is C8H14N2O4S. The molecule has 0 bridgehead atoms. The highest BCUT2D eigenvalue weighted by atomic mass is 32.2. The average molecular weight is 234 g/mol. The summed E-state index contributed by atoms with van der Waals surface area (Å²) in [6, 6.07) is 0. The zero-order valence-electron chi connectivity index (χ0n) is 8.27. The molecule has 0 saturated carbocycles. The third-order valence-electron chi connectivity index (χ3n) is 1.75. The van der Waals surface area contributed by atoms with E-state index in [0.29, 0.717) is 26.3 Å². The molecule has 0 radical (unpaired) electrons. The number of carboxylic acid groups (broad SMARTS) is 1. The van der Waals surface area contributed by atoms with Gasteiger partial charge in [-0.2, -0.15) is 0 Å². The molecule has 0 unspecified atom stereocenters. The van der Waals surface area contributed by atoms with E-state index < -0.39 is 5.97 Å². The van der Waals surface area contributed by atoms with Crippen LogP contribution in [0.1, 0.15) is 0 Å². The Kier molecular flexibility index (Phi) is 5.44. The summed E-state index contributed by atoms with van der Waals surface area (Å²) in [6.45, 7) is 2.58. The van der Waals surface area contributed by atoms with Crippen molar-refractivity contribution >= 4 is 23.6 Å². The minimum absolute atomic E-state index is 0.0451. The van der Waals surface area contributed by atoms with E-state index in [0.717, 1.165) is 11.8 Å². The zero-order chi connectivity index (χ0) is 11.1. The van der Waals surface area contributed by atoms with Gasteiger partial charge < -0.3 is 9.84 Å². The van der Waals surface area contributed by atoms with Crippen molar-refractivity contribution in [2.24, 2.45) is 0 Å². The largest absolute Gasteiger partial charge is 0.481 e. The second-order valence-corrected chi connectivity index (χ2v) is 4.01. The number of nitrogens with one attached hydrogen (secondary N) is 1. The fourth-order valence-corrected chi connectivity index (χ4v) is 1.64. The lowest BCUT2D eigenvalue weighted by Crippen LogP contribution is -2.49. The highest BCUT2D eigenvalue weighted by Gasteiger charge is 2.12. The minimum atomic E-state index is -0.904. The van der Waals surface area contributed by atoms with Gasteiger partial charge in [-0.05, 0) is 0 Å². The maximum Gasteiger partial charge on any atom is 0.313 e. The SMILES string of the molecule is O=C(O)CSCC(=O)NN1CCOCC1. The van der Waals surface area contributed by atoms with Crippen molar-refractivity contribution in [3.8, 4) is 0 Å². The third kappa shape index (κ3) is 5.60. The lowest BCUT2D eigenvalue weighted by atomic mass is 10.5. The van der Waals surface area contributed by atoms with Gasteiger partial charge in [-0.15, -0.1) is 11.8 Å². The minimum Gasteiger partial charge on any atom is -0.481 e. The number of carbonyl (C=O) groups is 2. The Labute approximate surface area is 91.9 Å².